The second-order valence-electron chi connectivity index (χ2n) is 4.89. The van der Waals surface area contributed by atoms with Gasteiger partial charge in [0.15, 0.2) is 5.58 Å². The van der Waals surface area contributed by atoms with E-state index in [4.69, 9.17) is 9.15 Å². The van der Waals surface area contributed by atoms with Gasteiger partial charge in [0.25, 0.3) is 0 Å². The van der Waals surface area contributed by atoms with E-state index >= 15 is 0 Å². The van der Waals surface area contributed by atoms with Crippen molar-refractivity contribution in [1.82, 2.24) is 4.98 Å². The lowest BCUT2D eigenvalue weighted by molar-refractivity contribution is 0.415. The first-order valence-electron chi connectivity index (χ1n) is 6.78. The van der Waals surface area contributed by atoms with Gasteiger partial charge in [-0.3, -0.25) is 0 Å². The second kappa shape index (κ2) is 4.63. The smallest absolute Gasteiger partial charge is 0.227 e. The molecule has 0 unspecified atom stereocenters. The summed E-state index contributed by atoms with van der Waals surface area (Å²) < 4.78 is 11.3. The Bertz CT molecular complexity index is 926. The van der Waals surface area contributed by atoms with Crippen LogP contribution in [0.5, 0.6) is 5.75 Å². The molecule has 4 rings (SSSR count). The minimum absolute atomic E-state index is 0.640. The third kappa shape index (κ3) is 1.94. The van der Waals surface area contributed by atoms with Gasteiger partial charge in [0, 0.05) is 10.9 Å². The van der Waals surface area contributed by atoms with Crippen molar-refractivity contribution in [2.45, 2.75) is 0 Å². The molecule has 0 amide bonds. The predicted octanol–water partition coefficient (Wildman–Crippen LogP) is 4.66. The van der Waals surface area contributed by atoms with Gasteiger partial charge in [0.05, 0.1) is 7.11 Å². The zero-order chi connectivity index (χ0) is 14.2. The Balaban J connectivity index is 2.00. The molecule has 4 aromatic rings. The lowest BCUT2D eigenvalue weighted by Gasteiger charge is -2.02. The number of nitrogens with zero attached hydrogens (tertiary/aromatic N) is 1. The Morgan fingerprint density at radius 3 is 2.57 bits per heavy atom. The van der Waals surface area contributed by atoms with Gasteiger partial charge in [-0.05, 0) is 35.7 Å². The van der Waals surface area contributed by atoms with E-state index < -0.39 is 0 Å². The van der Waals surface area contributed by atoms with Crippen molar-refractivity contribution in [2.24, 2.45) is 0 Å². The number of fused-ring (bicyclic) bond motifs is 3. The highest BCUT2D eigenvalue weighted by Gasteiger charge is 2.11. The quantitative estimate of drug-likeness (QED) is 0.534. The van der Waals surface area contributed by atoms with E-state index in [9.17, 15) is 0 Å². The summed E-state index contributed by atoms with van der Waals surface area (Å²) in [6, 6.07) is 19.9. The van der Waals surface area contributed by atoms with Crippen molar-refractivity contribution in [3.8, 4) is 17.2 Å². The fourth-order valence-electron chi connectivity index (χ4n) is 2.52. The number of aromatic nitrogens is 1. The normalized spacial score (nSPS) is 11.1. The lowest BCUT2D eigenvalue weighted by atomic mass is 10.1. The Morgan fingerprint density at radius 2 is 1.76 bits per heavy atom. The average molecular weight is 275 g/mol. The minimum Gasteiger partial charge on any atom is -0.497 e. The van der Waals surface area contributed by atoms with Crippen LogP contribution in [0.4, 0.5) is 0 Å². The molecule has 0 aliphatic heterocycles. The van der Waals surface area contributed by atoms with E-state index in [2.05, 4.69) is 11.1 Å². The van der Waals surface area contributed by atoms with Crippen LogP contribution >= 0.6 is 0 Å². The van der Waals surface area contributed by atoms with Crippen LogP contribution in [0.15, 0.2) is 65.1 Å². The van der Waals surface area contributed by atoms with Crippen LogP contribution in [0, 0.1) is 0 Å². The highest BCUT2D eigenvalue weighted by Crippen LogP contribution is 2.31. The standard InChI is InChI=1S/C18H13NO2/c1-20-14-9-7-12-8-10-16-17(15(12)11-14)21-18(19-16)13-5-3-2-4-6-13/h2-11H,1H3. The number of benzene rings is 3. The van der Waals surface area contributed by atoms with Crippen molar-refractivity contribution in [3.63, 3.8) is 0 Å². The van der Waals surface area contributed by atoms with E-state index in [1.807, 2.05) is 54.6 Å². The molecule has 0 radical (unpaired) electrons. The summed E-state index contributed by atoms with van der Waals surface area (Å²) >= 11 is 0. The fourth-order valence-corrected chi connectivity index (χ4v) is 2.52. The molecule has 0 aliphatic carbocycles. The maximum atomic E-state index is 6.00. The van der Waals surface area contributed by atoms with Gasteiger partial charge in [0.2, 0.25) is 5.89 Å². The monoisotopic (exact) mass is 275 g/mol. The number of oxazole rings is 1. The molecule has 0 atom stereocenters. The van der Waals surface area contributed by atoms with Crippen LogP contribution in [-0.2, 0) is 0 Å². The van der Waals surface area contributed by atoms with Crippen LogP contribution in [-0.4, -0.2) is 12.1 Å². The molecule has 0 N–H and O–H groups in total. The topological polar surface area (TPSA) is 35.3 Å². The van der Waals surface area contributed by atoms with Crippen molar-refractivity contribution < 1.29 is 9.15 Å². The van der Waals surface area contributed by atoms with Crippen molar-refractivity contribution in [1.29, 1.82) is 0 Å². The molecule has 0 bridgehead atoms. The third-order valence-electron chi connectivity index (χ3n) is 3.60. The summed E-state index contributed by atoms with van der Waals surface area (Å²) in [5.74, 6) is 1.45. The maximum Gasteiger partial charge on any atom is 0.227 e. The van der Waals surface area contributed by atoms with E-state index in [-0.39, 0.29) is 0 Å². The minimum atomic E-state index is 0.640. The molecule has 0 spiro atoms. The third-order valence-corrected chi connectivity index (χ3v) is 3.60. The van der Waals surface area contributed by atoms with Crippen molar-refractivity contribution in [2.75, 3.05) is 7.11 Å². The number of ether oxygens (including phenoxy) is 1. The first-order valence-corrected chi connectivity index (χ1v) is 6.78. The SMILES string of the molecule is COc1ccc2ccc3nc(-c4ccccc4)oc3c2c1. The zero-order valence-electron chi connectivity index (χ0n) is 11.5. The highest BCUT2D eigenvalue weighted by molar-refractivity contribution is 6.04. The van der Waals surface area contributed by atoms with Crippen LogP contribution in [0.1, 0.15) is 0 Å². The molecule has 0 saturated carbocycles. The molecule has 0 aliphatic rings. The van der Waals surface area contributed by atoms with E-state index in [1.54, 1.807) is 7.11 Å². The molecular formula is C18H13NO2. The Kier molecular flexibility index (Phi) is 2.64. The number of rotatable bonds is 2. The van der Waals surface area contributed by atoms with Gasteiger partial charge < -0.3 is 9.15 Å². The Morgan fingerprint density at radius 1 is 0.952 bits per heavy atom. The molecule has 0 saturated heterocycles. The van der Waals surface area contributed by atoms with Gasteiger partial charge >= 0.3 is 0 Å². The highest BCUT2D eigenvalue weighted by atomic mass is 16.5. The summed E-state index contributed by atoms with van der Waals surface area (Å²) in [5.41, 5.74) is 2.63. The van der Waals surface area contributed by atoms with Gasteiger partial charge in [0.1, 0.15) is 11.3 Å². The zero-order valence-corrected chi connectivity index (χ0v) is 11.5. The van der Waals surface area contributed by atoms with Gasteiger partial charge in [-0.15, -0.1) is 0 Å². The van der Waals surface area contributed by atoms with Crippen LogP contribution < -0.4 is 4.74 Å². The van der Waals surface area contributed by atoms with E-state index in [0.29, 0.717) is 5.89 Å². The van der Waals surface area contributed by atoms with E-state index in [0.717, 1.165) is 33.2 Å². The van der Waals surface area contributed by atoms with Gasteiger partial charge in [-0.1, -0.05) is 30.3 Å². The Hall–Kier alpha value is -2.81. The molecule has 3 aromatic carbocycles. The first kappa shape index (κ1) is 12.0. The van der Waals surface area contributed by atoms with Crippen LogP contribution in [0.3, 0.4) is 0 Å². The Labute approximate surface area is 121 Å². The maximum absolute atomic E-state index is 6.00. The summed E-state index contributed by atoms with van der Waals surface area (Å²) in [7, 11) is 1.66. The number of methoxy groups -OCH3 is 1. The van der Waals surface area contributed by atoms with E-state index in [1.165, 1.54) is 0 Å². The van der Waals surface area contributed by atoms with Gasteiger partial charge in [-0.2, -0.15) is 0 Å². The molecule has 3 nitrogen and oxygen atoms in total. The first-order chi connectivity index (χ1) is 10.3. The van der Waals surface area contributed by atoms with Crippen LogP contribution in [0.2, 0.25) is 0 Å². The van der Waals surface area contributed by atoms with Crippen molar-refractivity contribution in [3.05, 3.63) is 60.7 Å². The summed E-state index contributed by atoms with van der Waals surface area (Å²) in [6.45, 7) is 0. The number of hydrogen-bond donors (Lipinski definition) is 0. The molecule has 1 aromatic heterocycles. The summed E-state index contributed by atoms with van der Waals surface area (Å²) in [5, 5.41) is 2.13. The largest absolute Gasteiger partial charge is 0.497 e. The average Bonchev–Trinajstić information content (AvgIpc) is 3.00. The lowest BCUT2D eigenvalue weighted by Crippen LogP contribution is -1.82. The fraction of sp³-hybridized carbons (Fsp3) is 0.0556. The molecule has 1 heterocycles. The second-order valence-corrected chi connectivity index (χ2v) is 4.89. The molecule has 21 heavy (non-hydrogen) atoms. The number of hydrogen-bond acceptors (Lipinski definition) is 3. The summed E-state index contributed by atoms with van der Waals surface area (Å²) in [4.78, 5) is 4.58. The summed E-state index contributed by atoms with van der Waals surface area (Å²) in [6.07, 6.45) is 0. The van der Waals surface area contributed by atoms with Gasteiger partial charge in [-0.25, -0.2) is 4.98 Å². The molecular weight excluding hydrogens is 262 g/mol. The predicted molar refractivity (Wildman–Crippen MR) is 83.5 cm³/mol. The van der Waals surface area contributed by atoms with Crippen molar-refractivity contribution >= 4 is 21.9 Å². The van der Waals surface area contributed by atoms with Crippen LogP contribution in [0.25, 0.3) is 33.3 Å². The molecule has 102 valence electrons. The molecule has 3 heteroatoms. The molecule has 0 fully saturated rings.